The molecule has 0 bridgehead atoms. The molecule has 0 N–H and O–H groups in total. The van der Waals surface area contributed by atoms with Crippen molar-refractivity contribution in [1.82, 2.24) is 0 Å². The fourth-order valence-corrected chi connectivity index (χ4v) is 13.6. The zero-order chi connectivity index (χ0) is 47.4. The van der Waals surface area contributed by atoms with E-state index in [1.165, 1.54) is 30.7 Å². The van der Waals surface area contributed by atoms with Crippen LogP contribution in [-0.2, 0) is 34.7 Å². The van der Waals surface area contributed by atoms with Gasteiger partial charge < -0.3 is 37.6 Å². The van der Waals surface area contributed by atoms with Gasteiger partial charge in [-0.05, 0) is 90.5 Å². The Balaban J connectivity index is 1.45. The summed E-state index contributed by atoms with van der Waals surface area (Å²) in [5.74, 6) is -1.03. The lowest BCUT2D eigenvalue weighted by Crippen LogP contribution is -2.67. The Morgan fingerprint density at radius 3 is 1.97 bits per heavy atom. The Morgan fingerprint density at radius 1 is 0.800 bits per heavy atom. The maximum absolute atomic E-state index is 13.7. The van der Waals surface area contributed by atoms with Crippen LogP contribution in [0.5, 0.6) is 11.5 Å². The molecule has 1 heterocycles. The third-order valence-corrected chi connectivity index (χ3v) is 18.3. The molecule has 1 saturated heterocycles. The maximum Gasteiger partial charge on any atom is 0.339 e. The van der Waals surface area contributed by atoms with Gasteiger partial charge >= 0.3 is 11.9 Å². The molecule has 350 valence electrons. The molecular weight excluding hydrogens is 853 g/mol. The number of carbonyl (C=O) groups excluding carboxylic acids is 2. The van der Waals surface area contributed by atoms with E-state index >= 15 is 0 Å². The SMILES string of the molecule is COC(=O)c1cc(OC)cc(/C=C/C[C@@H]2OC(C)(C)O[C@@H]2C(/C=C\CC(C)O[Si](c2ccccc2)(c2ccccc2)C(C)(C)C)OCc2ccc(OC)cc2)c1C(=O)OCC[Si](C)(C)C. The lowest BCUT2D eigenvalue weighted by molar-refractivity contribution is -0.156. The normalized spacial score (nSPS) is 17.5. The summed E-state index contributed by atoms with van der Waals surface area (Å²) in [5.41, 5.74) is 1.61. The molecule has 0 saturated carbocycles. The topological polar surface area (TPSA) is 108 Å². The predicted molar refractivity (Wildman–Crippen MR) is 264 cm³/mol. The molecule has 12 heteroatoms. The number of benzene rings is 4. The highest BCUT2D eigenvalue weighted by Crippen LogP contribution is 2.38. The molecule has 2 unspecified atom stereocenters. The van der Waals surface area contributed by atoms with Gasteiger partial charge in [-0.1, -0.05) is 138 Å². The number of esters is 2. The monoisotopic (exact) mass is 922 g/mol. The molecule has 4 aromatic carbocycles. The fourth-order valence-electron chi connectivity index (χ4n) is 8.18. The van der Waals surface area contributed by atoms with Crippen LogP contribution in [0.15, 0.2) is 115 Å². The van der Waals surface area contributed by atoms with Gasteiger partial charge in [-0.2, -0.15) is 0 Å². The van der Waals surface area contributed by atoms with Gasteiger partial charge in [0, 0.05) is 14.2 Å². The molecule has 0 aliphatic carbocycles. The van der Waals surface area contributed by atoms with Gasteiger partial charge in [0.05, 0.1) is 51.8 Å². The minimum atomic E-state index is -2.79. The van der Waals surface area contributed by atoms with Crippen molar-refractivity contribution in [3.05, 3.63) is 138 Å². The Morgan fingerprint density at radius 2 is 1.42 bits per heavy atom. The van der Waals surface area contributed by atoms with Crippen LogP contribution in [0.1, 0.15) is 86.2 Å². The van der Waals surface area contributed by atoms with E-state index in [9.17, 15) is 9.59 Å². The quantitative estimate of drug-likeness (QED) is 0.0455. The number of carbonyl (C=O) groups is 2. The van der Waals surface area contributed by atoms with Gasteiger partial charge in [0.25, 0.3) is 8.32 Å². The van der Waals surface area contributed by atoms with Crippen molar-refractivity contribution >= 4 is 44.8 Å². The van der Waals surface area contributed by atoms with Crippen LogP contribution in [0.4, 0.5) is 0 Å². The van der Waals surface area contributed by atoms with Crippen molar-refractivity contribution in [2.24, 2.45) is 0 Å². The highest BCUT2D eigenvalue weighted by Gasteiger charge is 2.51. The Kier molecular flexibility index (Phi) is 17.8. The number of hydrogen-bond acceptors (Lipinski definition) is 10. The molecule has 1 fully saturated rings. The van der Waals surface area contributed by atoms with Gasteiger partial charge in [-0.15, -0.1) is 0 Å². The number of rotatable bonds is 21. The maximum atomic E-state index is 13.7. The van der Waals surface area contributed by atoms with E-state index in [-0.39, 0.29) is 28.9 Å². The average molecular weight is 923 g/mol. The first-order valence-electron chi connectivity index (χ1n) is 22.5. The molecular formula is C53H70O10Si2. The molecule has 1 aliphatic rings. The average Bonchev–Trinajstić information content (AvgIpc) is 3.59. The second-order valence-electron chi connectivity index (χ2n) is 19.2. The number of ether oxygens (including phenoxy) is 7. The first kappa shape index (κ1) is 51.2. The third-order valence-electron chi connectivity index (χ3n) is 11.5. The smallest absolute Gasteiger partial charge is 0.339 e. The summed E-state index contributed by atoms with van der Waals surface area (Å²) in [4.78, 5) is 26.8. The minimum Gasteiger partial charge on any atom is -0.497 e. The highest BCUT2D eigenvalue weighted by atomic mass is 28.4. The van der Waals surface area contributed by atoms with Crippen molar-refractivity contribution in [1.29, 1.82) is 0 Å². The Hall–Kier alpha value is -4.83. The molecule has 4 aromatic rings. The van der Waals surface area contributed by atoms with E-state index in [4.69, 9.17) is 37.6 Å². The van der Waals surface area contributed by atoms with Crippen LogP contribution < -0.4 is 19.8 Å². The summed E-state index contributed by atoms with van der Waals surface area (Å²) in [5, 5.41) is 2.29. The van der Waals surface area contributed by atoms with Gasteiger partial charge in [0.2, 0.25) is 0 Å². The van der Waals surface area contributed by atoms with E-state index in [0.717, 1.165) is 17.4 Å². The van der Waals surface area contributed by atoms with E-state index in [1.54, 1.807) is 19.3 Å². The minimum absolute atomic E-state index is 0.0641. The summed E-state index contributed by atoms with van der Waals surface area (Å²) in [7, 11) is 0.146. The fraction of sp³-hybridized carbons (Fsp3) is 0.434. The van der Waals surface area contributed by atoms with Crippen molar-refractivity contribution in [3.8, 4) is 11.5 Å². The van der Waals surface area contributed by atoms with Crippen molar-refractivity contribution < 1.29 is 47.2 Å². The summed E-state index contributed by atoms with van der Waals surface area (Å²) >= 11 is 0. The number of methoxy groups -OCH3 is 3. The second-order valence-corrected chi connectivity index (χ2v) is 29.1. The van der Waals surface area contributed by atoms with Gasteiger partial charge in [-0.25, -0.2) is 9.59 Å². The highest BCUT2D eigenvalue weighted by molar-refractivity contribution is 6.99. The standard InChI is InChI=1S/C53H70O10Si2/c1-38(63-65(52(2,3)4,43-23-15-13-16-24-43)44-25-17-14-18-26-44)21-19-27-46(60-37-39-29-31-41(56-7)32-30-39)49-47(61-53(5,6)62-49)28-20-22-40-35-42(57-8)36-45(50(54)58-9)48(40)51(55)59-33-34-64(10,11)12/h13-20,22-27,29-32,35-36,38,46-47,49H,21,28,33-34,37H2,1-12H3/b22-20+,27-19-/t38?,46?,47-,49+/m0/s1. The van der Waals surface area contributed by atoms with Gasteiger partial charge in [0.15, 0.2) is 5.79 Å². The van der Waals surface area contributed by atoms with Crippen LogP contribution in [0.3, 0.4) is 0 Å². The summed E-state index contributed by atoms with van der Waals surface area (Å²) in [6, 6.07) is 33.1. The molecule has 4 atom stereocenters. The van der Waals surface area contributed by atoms with E-state index in [2.05, 4.69) is 120 Å². The zero-order valence-electron chi connectivity index (χ0n) is 40.5. The predicted octanol–water partition coefficient (Wildman–Crippen LogP) is 10.4. The van der Waals surface area contributed by atoms with Crippen LogP contribution >= 0.6 is 0 Å². The van der Waals surface area contributed by atoms with Crippen LogP contribution in [0.25, 0.3) is 6.08 Å². The molecule has 10 nitrogen and oxygen atoms in total. The van der Waals surface area contributed by atoms with Gasteiger partial charge in [-0.3, -0.25) is 0 Å². The molecule has 0 spiro atoms. The zero-order valence-corrected chi connectivity index (χ0v) is 42.5. The third kappa shape index (κ3) is 13.6. The largest absolute Gasteiger partial charge is 0.497 e. The summed E-state index contributed by atoms with van der Waals surface area (Å²) in [6.07, 6.45) is 7.32. The first-order valence-corrected chi connectivity index (χ1v) is 28.1. The molecule has 1 aliphatic heterocycles. The van der Waals surface area contributed by atoms with E-state index in [1.807, 2.05) is 44.2 Å². The van der Waals surface area contributed by atoms with Crippen LogP contribution in [-0.4, -0.2) is 86.5 Å². The molecule has 5 rings (SSSR count). The second kappa shape index (κ2) is 22.6. The summed E-state index contributed by atoms with van der Waals surface area (Å²) in [6.45, 7) is 20.0. The van der Waals surface area contributed by atoms with Crippen molar-refractivity contribution in [3.63, 3.8) is 0 Å². The molecule has 0 radical (unpaired) electrons. The van der Waals surface area contributed by atoms with Crippen LogP contribution in [0, 0.1) is 0 Å². The lowest BCUT2D eigenvalue weighted by atomic mass is 9.98. The molecule has 0 amide bonds. The van der Waals surface area contributed by atoms with Gasteiger partial charge in [0.1, 0.15) is 23.7 Å². The number of hydrogen-bond donors (Lipinski definition) is 0. The Labute approximate surface area is 389 Å². The van der Waals surface area contributed by atoms with E-state index < -0.39 is 52.4 Å². The molecule has 65 heavy (non-hydrogen) atoms. The van der Waals surface area contributed by atoms with Crippen molar-refractivity contribution in [2.45, 2.75) is 122 Å². The first-order chi connectivity index (χ1) is 30.8. The van der Waals surface area contributed by atoms with Crippen LogP contribution in [0.2, 0.25) is 30.7 Å². The van der Waals surface area contributed by atoms with E-state index in [0.29, 0.717) is 30.8 Å². The lowest BCUT2D eigenvalue weighted by Gasteiger charge is -2.44. The summed E-state index contributed by atoms with van der Waals surface area (Å²) < 4.78 is 49.2. The Bertz CT molecular complexity index is 2170. The van der Waals surface area contributed by atoms with Crippen molar-refractivity contribution in [2.75, 3.05) is 27.9 Å². The molecule has 0 aromatic heterocycles.